The van der Waals surface area contributed by atoms with E-state index in [2.05, 4.69) is 10.1 Å². The highest BCUT2D eigenvalue weighted by Gasteiger charge is 2.21. The van der Waals surface area contributed by atoms with E-state index in [1.807, 2.05) is 0 Å². The van der Waals surface area contributed by atoms with Crippen LogP contribution >= 0.6 is 0 Å². The van der Waals surface area contributed by atoms with E-state index in [9.17, 15) is 9.59 Å². The number of alkyl carbamates (subject to hydrolysis) is 1. The molecule has 0 aromatic rings. The zero-order chi connectivity index (χ0) is 13.5. The first-order chi connectivity index (χ1) is 7.78. The smallest absolute Gasteiger partial charge is 0.408 e. The second kappa shape index (κ2) is 6.74. The predicted molar refractivity (Wildman–Crippen MR) is 60.0 cm³/mol. The molecule has 96 valence electrons. The summed E-state index contributed by atoms with van der Waals surface area (Å²) in [5.41, 5.74) is -0.645. The molecule has 0 radical (unpaired) electrons. The van der Waals surface area contributed by atoms with Gasteiger partial charge in [0.05, 0.1) is 19.1 Å². The van der Waals surface area contributed by atoms with Gasteiger partial charge in [-0.05, 0) is 27.7 Å². The Morgan fingerprint density at radius 1 is 1.41 bits per heavy atom. The van der Waals surface area contributed by atoms with Crippen LogP contribution in [0.15, 0.2) is 0 Å². The number of ether oxygens (including phenoxy) is 2. The van der Waals surface area contributed by atoms with Crippen molar-refractivity contribution in [2.45, 2.75) is 45.8 Å². The summed E-state index contributed by atoms with van der Waals surface area (Å²) in [6, 6.07) is 0.854. The minimum atomic E-state index is -0.941. The second-order valence-electron chi connectivity index (χ2n) is 4.34. The Morgan fingerprint density at radius 3 is 2.41 bits per heavy atom. The highest BCUT2D eigenvalue weighted by molar-refractivity contribution is 5.73. The fraction of sp³-hybridized carbons (Fsp3) is 0.727. The van der Waals surface area contributed by atoms with Gasteiger partial charge in [-0.1, -0.05) is 0 Å². The highest BCUT2D eigenvalue weighted by atomic mass is 16.6. The van der Waals surface area contributed by atoms with Gasteiger partial charge in [0.1, 0.15) is 11.6 Å². The van der Waals surface area contributed by atoms with Crippen LogP contribution in [0.3, 0.4) is 0 Å². The van der Waals surface area contributed by atoms with Gasteiger partial charge < -0.3 is 14.8 Å². The van der Waals surface area contributed by atoms with Gasteiger partial charge in [-0.15, -0.1) is 0 Å². The molecule has 0 saturated carbocycles. The fourth-order valence-corrected chi connectivity index (χ4v) is 0.965. The summed E-state index contributed by atoms with van der Waals surface area (Å²) in [4.78, 5) is 22.4. The monoisotopic (exact) mass is 242 g/mol. The third kappa shape index (κ3) is 8.08. The number of esters is 1. The molecule has 0 aliphatic heterocycles. The maximum atomic E-state index is 11.3. The van der Waals surface area contributed by atoms with E-state index < -0.39 is 23.7 Å². The van der Waals surface area contributed by atoms with Crippen molar-refractivity contribution in [3.05, 3.63) is 0 Å². The van der Waals surface area contributed by atoms with Gasteiger partial charge in [0, 0.05) is 0 Å². The summed E-state index contributed by atoms with van der Waals surface area (Å²) in [6.07, 6.45) is -0.919. The zero-order valence-electron chi connectivity index (χ0n) is 10.6. The van der Waals surface area contributed by atoms with Crippen LogP contribution in [0.2, 0.25) is 0 Å². The van der Waals surface area contributed by atoms with Crippen LogP contribution in [0.1, 0.15) is 34.1 Å². The summed E-state index contributed by atoms with van der Waals surface area (Å²) < 4.78 is 9.63. The van der Waals surface area contributed by atoms with Crippen molar-refractivity contribution in [1.29, 1.82) is 5.26 Å². The lowest BCUT2D eigenvalue weighted by atomic mass is 10.2. The average molecular weight is 242 g/mol. The molecule has 0 heterocycles. The van der Waals surface area contributed by atoms with E-state index in [1.54, 1.807) is 33.8 Å². The van der Waals surface area contributed by atoms with E-state index in [0.717, 1.165) is 0 Å². The number of nitrogens with one attached hydrogen (secondary N) is 1. The minimum absolute atomic E-state index is 0.191. The van der Waals surface area contributed by atoms with E-state index in [1.165, 1.54) is 0 Å². The number of carbonyl (C=O) groups excluding carboxylic acids is 2. The number of carbonyl (C=O) groups is 2. The number of nitriles is 1. The number of rotatable bonds is 4. The maximum Gasteiger partial charge on any atom is 0.408 e. The van der Waals surface area contributed by atoms with Crippen LogP contribution in [0.4, 0.5) is 4.79 Å². The lowest BCUT2D eigenvalue weighted by molar-refractivity contribution is -0.143. The molecule has 1 atom stereocenters. The third-order valence-electron chi connectivity index (χ3n) is 1.52. The van der Waals surface area contributed by atoms with E-state index in [0.29, 0.717) is 0 Å². The topological polar surface area (TPSA) is 88.4 Å². The average Bonchev–Trinajstić information content (AvgIpc) is 2.13. The van der Waals surface area contributed by atoms with Crippen LogP contribution in [0, 0.1) is 11.3 Å². The zero-order valence-corrected chi connectivity index (χ0v) is 10.6. The summed E-state index contributed by atoms with van der Waals surface area (Å²) in [6.45, 7) is 7.03. The van der Waals surface area contributed by atoms with Crippen molar-refractivity contribution in [3.8, 4) is 6.07 Å². The molecule has 0 saturated heterocycles. The van der Waals surface area contributed by atoms with Crippen molar-refractivity contribution in [2.24, 2.45) is 0 Å². The number of nitrogens with zero attached hydrogens (tertiary/aromatic N) is 1. The molecule has 0 fully saturated rings. The van der Waals surface area contributed by atoms with Crippen LogP contribution in [-0.2, 0) is 14.3 Å². The van der Waals surface area contributed by atoms with Gasteiger partial charge in [-0.2, -0.15) is 5.26 Å². The van der Waals surface area contributed by atoms with Crippen molar-refractivity contribution >= 4 is 12.1 Å². The van der Waals surface area contributed by atoms with E-state index >= 15 is 0 Å². The SMILES string of the molecule is CCOC(=O)C[C@@H](C#N)NC(=O)OC(C)(C)C. The Hall–Kier alpha value is -1.77. The van der Waals surface area contributed by atoms with Gasteiger partial charge in [-0.3, -0.25) is 4.79 Å². The van der Waals surface area contributed by atoms with E-state index in [-0.39, 0.29) is 13.0 Å². The molecule has 0 aliphatic rings. The number of hydrogen-bond donors (Lipinski definition) is 1. The molecule has 0 rings (SSSR count). The molecule has 1 amide bonds. The van der Waals surface area contributed by atoms with Crippen LogP contribution in [0.5, 0.6) is 0 Å². The molecular formula is C11H18N2O4. The van der Waals surface area contributed by atoms with Gasteiger partial charge in [-0.25, -0.2) is 4.79 Å². The normalized spacial score (nSPS) is 12.2. The number of amides is 1. The number of hydrogen-bond acceptors (Lipinski definition) is 5. The van der Waals surface area contributed by atoms with Gasteiger partial charge in [0.15, 0.2) is 0 Å². The standard InChI is InChI=1S/C11H18N2O4/c1-5-16-9(14)6-8(7-12)13-10(15)17-11(2,3)4/h8H,5-6H2,1-4H3,(H,13,15)/t8-/m0/s1. The lowest BCUT2D eigenvalue weighted by Gasteiger charge is -2.20. The minimum Gasteiger partial charge on any atom is -0.466 e. The predicted octanol–water partition coefficient (Wildman–Crippen LogP) is 1.36. The molecule has 0 spiro atoms. The summed E-state index contributed by atoms with van der Waals surface area (Å²) >= 11 is 0. The van der Waals surface area contributed by atoms with Crippen LogP contribution in [-0.4, -0.2) is 30.3 Å². The molecule has 1 N–H and O–H groups in total. The Morgan fingerprint density at radius 2 is 2.00 bits per heavy atom. The van der Waals surface area contributed by atoms with Gasteiger partial charge in [0.25, 0.3) is 0 Å². The largest absolute Gasteiger partial charge is 0.466 e. The van der Waals surface area contributed by atoms with Gasteiger partial charge >= 0.3 is 12.1 Å². The summed E-state index contributed by atoms with van der Waals surface area (Å²) in [7, 11) is 0. The van der Waals surface area contributed by atoms with Gasteiger partial charge in [0.2, 0.25) is 0 Å². The molecule has 0 unspecified atom stereocenters. The highest BCUT2D eigenvalue weighted by Crippen LogP contribution is 2.07. The first-order valence-corrected chi connectivity index (χ1v) is 5.33. The Balaban J connectivity index is 4.19. The first-order valence-electron chi connectivity index (χ1n) is 5.33. The second-order valence-corrected chi connectivity index (χ2v) is 4.34. The first kappa shape index (κ1) is 15.2. The van der Waals surface area contributed by atoms with Crippen LogP contribution in [0.25, 0.3) is 0 Å². The van der Waals surface area contributed by atoms with Crippen LogP contribution < -0.4 is 5.32 Å². The van der Waals surface area contributed by atoms with E-state index in [4.69, 9.17) is 10.00 Å². The van der Waals surface area contributed by atoms with Crippen molar-refractivity contribution in [3.63, 3.8) is 0 Å². The van der Waals surface area contributed by atoms with Crippen molar-refractivity contribution in [1.82, 2.24) is 5.32 Å². The van der Waals surface area contributed by atoms with Crippen molar-refractivity contribution < 1.29 is 19.1 Å². The van der Waals surface area contributed by atoms with Crippen molar-refractivity contribution in [2.75, 3.05) is 6.61 Å². The molecule has 6 heteroatoms. The summed E-state index contributed by atoms with van der Waals surface area (Å²) in [5.74, 6) is -0.532. The third-order valence-corrected chi connectivity index (χ3v) is 1.52. The summed E-state index contributed by atoms with van der Waals surface area (Å²) in [5, 5.41) is 11.1. The molecule has 0 aromatic carbocycles. The molecule has 0 bridgehead atoms. The molecular weight excluding hydrogens is 224 g/mol. The lowest BCUT2D eigenvalue weighted by Crippen LogP contribution is -2.39. The molecule has 6 nitrogen and oxygen atoms in total. The Bertz CT molecular complexity index is 314. The molecule has 17 heavy (non-hydrogen) atoms. The maximum absolute atomic E-state index is 11.3. The Labute approximate surface area is 101 Å². The Kier molecular flexibility index (Phi) is 6.03. The molecule has 0 aromatic heterocycles. The fourth-order valence-electron chi connectivity index (χ4n) is 0.965. The quantitative estimate of drug-likeness (QED) is 0.752. The molecule has 0 aliphatic carbocycles.